The van der Waals surface area contributed by atoms with Crippen LogP contribution >= 0.6 is 0 Å². The third kappa shape index (κ3) is 5.87. The van der Waals surface area contributed by atoms with E-state index in [4.69, 9.17) is 4.74 Å². The molecule has 1 amide bonds. The summed E-state index contributed by atoms with van der Waals surface area (Å²) < 4.78 is 5.54. The summed E-state index contributed by atoms with van der Waals surface area (Å²) in [5.74, 6) is 0.986. The van der Waals surface area contributed by atoms with Crippen LogP contribution in [0, 0.1) is 5.92 Å². The molecular formula is C19H29NO3. The number of rotatable bonds is 5. The highest BCUT2D eigenvalue weighted by molar-refractivity contribution is 5.77. The lowest BCUT2D eigenvalue weighted by Crippen LogP contribution is -2.35. The summed E-state index contributed by atoms with van der Waals surface area (Å²) in [5.41, 5.74) is 1.35. The Kier molecular flexibility index (Phi) is 6.05. The van der Waals surface area contributed by atoms with Crippen molar-refractivity contribution in [3.8, 4) is 5.75 Å². The molecule has 0 aliphatic heterocycles. The predicted molar refractivity (Wildman–Crippen MR) is 91.6 cm³/mol. The molecule has 1 fully saturated rings. The molecule has 0 heterocycles. The number of ether oxygens (including phenoxy) is 1. The molecule has 1 aromatic carbocycles. The topological polar surface area (TPSA) is 58.6 Å². The Labute approximate surface area is 139 Å². The van der Waals surface area contributed by atoms with Gasteiger partial charge >= 0.3 is 0 Å². The molecule has 1 aromatic rings. The first-order valence-electron chi connectivity index (χ1n) is 8.52. The lowest BCUT2D eigenvalue weighted by Gasteiger charge is -2.25. The van der Waals surface area contributed by atoms with Gasteiger partial charge in [-0.25, -0.2) is 0 Å². The lowest BCUT2D eigenvalue weighted by molar-refractivity contribution is -0.123. The minimum Gasteiger partial charge on any atom is -0.484 e. The number of benzene rings is 1. The quantitative estimate of drug-likeness (QED) is 0.877. The third-order valence-corrected chi connectivity index (χ3v) is 4.43. The standard InChI is InChI=1S/C19H29NO3/c1-19(2,3)15-7-9-17(10-8-15)23-13-18(22)20-12-14-5-4-6-16(21)11-14/h7-10,14,16,21H,4-6,11-13H2,1-3H3,(H,20,22). The van der Waals surface area contributed by atoms with Gasteiger partial charge in [-0.2, -0.15) is 0 Å². The van der Waals surface area contributed by atoms with Gasteiger partial charge in [0.2, 0.25) is 0 Å². The third-order valence-electron chi connectivity index (χ3n) is 4.43. The van der Waals surface area contributed by atoms with E-state index in [9.17, 15) is 9.90 Å². The van der Waals surface area contributed by atoms with Crippen molar-refractivity contribution >= 4 is 5.91 Å². The Morgan fingerprint density at radius 1 is 1.26 bits per heavy atom. The van der Waals surface area contributed by atoms with Crippen molar-refractivity contribution in [1.29, 1.82) is 0 Å². The molecule has 0 spiro atoms. The monoisotopic (exact) mass is 319 g/mol. The van der Waals surface area contributed by atoms with Gasteiger partial charge < -0.3 is 15.2 Å². The van der Waals surface area contributed by atoms with Crippen LogP contribution in [0.1, 0.15) is 52.0 Å². The second-order valence-electron chi connectivity index (χ2n) is 7.55. The number of amides is 1. The summed E-state index contributed by atoms with van der Waals surface area (Å²) in [6.45, 7) is 7.15. The number of carbonyl (C=O) groups is 1. The number of carbonyl (C=O) groups excluding carboxylic acids is 1. The minimum atomic E-state index is -0.205. The Bertz CT molecular complexity index is 504. The molecule has 2 unspecified atom stereocenters. The molecule has 23 heavy (non-hydrogen) atoms. The average Bonchev–Trinajstić information content (AvgIpc) is 2.50. The molecule has 4 heteroatoms. The van der Waals surface area contributed by atoms with Crippen LogP contribution < -0.4 is 10.1 Å². The van der Waals surface area contributed by atoms with E-state index in [1.54, 1.807) is 0 Å². The molecule has 0 saturated heterocycles. The van der Waals surface area contributed by atoms with Crippen LogP contribution in [0.3, 0.4) is 0 Å². The number of nitrogens with one attached hydrogen (secondary N) is 1. The fourth-order valence-corrected chi connectivity index (χ4v) is 2.96. The van der Waals surface area contributed by atoms with Gasteiger partial charge in [-0.15, -0.1) is 0 Å². The van der Waals surface area contributed by atoms with E-state index in [1.165, 1.54) is 5.56 Å². The second kappa shape index (κ2) is 7.82. The van der Waals surface area contributed by atoms with E-state index in [0.29, 0.717) is 18.2 Å². The van der Waals surface area contributed by atoms with Crippen LogP contribution in [-0.4, -0.2) is 30.3 Å². The van der Waals surface area contributed by atoms with Gasteiger partial charge in [-0.05, 0) is 48.3 Å². The normalized spacial score (nSPS) is 21.7. The van der Waals surface area contributed by atoms with Crippen LogP contribution in [0.2, 0.25) is 0 Å². The number of hydrogen-bond donors (Lipinski definition) is 2. The van der Waals surface area contributed by atoms with Crippen LogP contribution in [-0.2, 0) is 10.2 Å². The zero-order chi connectivity index (χ0) is 16.9. The van der Waals surface area contributed by atoms with Gasteiger partial charge in [-0.1, -0.05) is 39.3 Å². The molecule has 0 aromatic heterocycles. The maximum Gasteiger partial charge on any atom is 0.257 e. The minimum absolute atomic E-state index is 0.0319. The van der Waals surface area contributed by atoms with Crippen molar-refractivity contribution in [2.24, 2.45) is 5.92 Å². The van der Waals surface area contributed by atoms with Gasteiger partial charge in [-0.3, -0.25) is 4.79 Å². The predicted octanol–water partition coefficient (Wildman–Crippen LogP) is 3.03. The molecule has 1 aliphatic carbocycles. The zero-order valence-corrected chi connectivity index (χ0v) is 14.5. The summed E-state index contributed by atoms with van der Waals surface area (Å²) in [5, 5.41) is 12.5. The van der Waals surface area contributed by atoms with Crippen LogP contribution in [0.25, 0.3) is 0 Å². The van der Waals surface area contributed by atoms with E-state index in [2.05, 4.69) is 26.1 Å². The van der Waals surface area contributed by atoms with Crippen molar-refractivity contribution in [3.63, 3.8) is 0 Å². The second-order valence-corrected chi connectivity index (χ2v) is 7.55. The first-order chi connectivity index (χ1) is 10.8. The van der Waals surface area contributed by atoms with Crippen molar-refractivity contribution < 1.29 is 14.6 Å². The average molecular weight is 319 g/mol. The molecule has 1 aliphatic rings. The Morgan fingerprint density at radius 2 is 1.96 bits per heavy atom. The number of aliphatic hydroxyl groups excluding tert-OH is 1. The first-order valence-corrected chi connectivity index (χ1v) is 8.52. The van der Waals surface area contributed by atoms with E-state index in [1.807, 2.05) is 24.3 Å². The van der Waals surface area contributed by atoms with E-state index >= 15 is 0 Å². The Morgan fingerprint density at radius 3 is 2.57 bits per heavy atom. The highest BCUT2D eigenvalue weighted by Crippen LogP contribution is 2.24. The van der Waals surface area contributed by atoms with E-state index in [-0.39, 0.29) is 24.0 Å². The zero-order valence-electron chi connectivity index (χ0n) is 14.5. The van der Waals surface area contributed by atoms with E-state index in [0.717, 1.165) is 25.7 Å². The largest absolute Gasteiger partial charge is 0.484 e. The Balaban J connectivity index is 1.71. The van der Waals surface area contributed by atoms with Gasteiger partial charge in [0.05, 0.1) is 6.10 Å². The summed E-state index contributed by atoms with van der Waals surface area (Å²) >= 11 is 0. The molecule has 2 N–H and O–H groups in total. The van der Waals surface area contributed by atoms with Crippen molar-refractivity contribution in [2.75, 3.05) is 13.2 Å². The molecule has 128 valence electrons. The molecule has 4 nitrogen and oxygen atoms in total. The fraction of sp³-hybridized carbons (Fsp3) is 0.632. The molecule has 2 atom stereocenters. The number of hydrogen-bond acceptors (Lipinski definition) is 3. The van der Waals surface area contributed by atoms with Gasteiger partial charge in [0, 0.05) is 6.54 Å². The first kappa shape index (κ1) is 17.8. The summed E-state index contributed by atoms with van der Waals surface area (Å²) in [7, 11) is 0. The van der Waals surface area contributed by atoms with Crippen LogP contribution in [0.15, 0.2) is 24.3 Å². The van der Waals surface area contributed by atoms with E-state index < -0.39 is 0 Å². The smallest absolute Gasteiger partial charge is 0.257 e. The van der Waals surface area contributed by atoms with Gasteiger partial charge in [0.25, 0.3) is 5.91 Å². The fourth-order valence-electron chi connectivity index (χ4n) is 2.96. The van der Waals surface area contributed by atoms with Crippen LogP contribution in [0.5, 0.6) is 5.75 Å². The van der Waals surface area contributed by atoms with Crippen molar-refractivity contribution in [1.82, 2.24) is 5.32 Å². The summed E-state index contributed by atoms with van der Waals surface area (Å²) in [6, 6.07) is 7.89. The highest BCUT2D eigenvalue weighted by atomic mass is 16.5. The number of aliphatic hydroxyl groups is 1. The summed E-state index contributed by atoms with van der Waals surface area (Å²) in [6.07, 6.45) is 3.58. The Hall–Kier alpha value is -1.55. The maximum absolute atomic E-state index is 11.9. The SMILES string of the molecule is CC(C)(C)c1ccc(OCC(=O)NCC2CCCC(O)C2)cc1. The van der Waals surface area contributed by atoms with Crippen molar-refractivity contribution in [2.45, 2.75) is 58.0 Å². The van der Waals surface area contributed by atoms with Gasteiger partial charge in [0.1, 0.15) is 5.75 Å². The van der Waals surface area contributed by atoms with Crippen LogP contribution in [0.4, 0.5) is 0 Å². The molecule has 2 rings (SSSR count). The molecule has 0 radical (unpaired) electrons. The van der Waals surface area contributed by atoms with Crippen molar-refractivity contribution in [3.05, 3.63) is 29.8 Å². The maximum atomic E-state index is 11.9. The molecule has 0 bridgehead atoms. The molecular weight excluding hydrogens is 290 g/mol. The van der Waals surface area contributed by atoms with Gasteiger partial charge in [0.15, 0.2) is 6.61 Å². The highest BCUT2D eigenvalue weighted by Gasteiger charge is 2.20. The lowest BCUT2D eigenvalue weighted by atomic mass is 9.87. The molecule has 1 saturated carbocycles. The summed E-state index contributed by atoms with van der Waals surface area (Å²) in [4.78, 5) is 11.9.